The van der Waals surface area contributed by atoms with Crippen LogP contribution < -0.4 is 15.6 Å². The van der Waals surface area contributed by atoms with E-state index in [0.717, 1.165) is 4.68 Å². The van der Waals surface area contributed by atoms with E-state index in [2.05, 4.69) is 15.4 Å². The molecule has 0 aliphatic rings. The van der Waals surface area contributed by atoms with Crippen molar-refractivity contribution >= 4 is 11.7 Å². The van der Waals surface area contributed by atoms with Crippen molar-refractivity contribution in [2.75, 3.05) is 11.9 Å². The van der Waals surface area contributed by atoms with Crippen LogP contribution in [0.4, 0.5) is 14.6 Å². The lowest BCUT2D eigenvalue weighted by Gasteiger charge is -2.17. The average Bonchev–Trinajstić information content (AvgIpc) is 2.73. The third kappa shape index (κ3) is 5.33. The fourth-order valence-corrected chi connectivity index (χ4v) is 2.86. The van der Waals surface area contributed by atoms with E-state index in [-0.39, 0.29) is 22.8 Å². The zero-order valence-corrected chi connectivity index (χ0v) is 17.7. The van der Waals surface area contributed by atoms with Crippen molar-refractivity contribution in [3.05, 3.63) is 75.8 Å². The number of ether oxygens (including phenoxy) is 1. The van der Waals surface area contributed by atoms with Gasteiger partial charge < -0.3 is 15.2 Å². The molecule has 0 saturated heterocycles. The molecule has 10 heteroatoms. The first-order valence-corrected chi connectivity index (χ1v) is 9.68. The van der Waals surface area contributed by atoms with E-state index in [1.54, 1.807) is 39.0 Å². The number of amides is 1. The van der Waals surface area contributed by atoms with Gasteiger partial charge >= 0.3 is 0 Å². The number of carbonyl (C=O) groups excluding carboxylic acids is 1. The number of para-hydroxylation sites is 2. The van der Waals surface area contributed by atoms with Gasteiger partial charge in [-0.25, -0.2) is 13.8 Å². The second kappa shape index (κ2) is 9.23. The lowest BCUT2D eigenvalue weighted by Crippen LogP contribution is -2.31. The molecule has 2 aromatic heterocycles. The molecule has 168 valence electrons. The van der Waals surface area contributed by atoms with Gasteiger partial charge in [-0.15, -0.1) is 0 Å². The lowest BCUT2D eigenvalue weighted by molar-refractivity contribution is 0.0782. The van der Waals surface area contributed by atoms with Crippen molar-refractivity contribution in [2.45, 2.75) is 32.8 Å². The number of aryl methyl sites for hydroxylation is 1. The van der Waals surface area contributed by atoms with Crippen molar-refractivity contribution in [1.82, 2.24) is 14.8 Å². The number of hydrogen-bond donors (Lipinski definition) is 2. The minimum Gasteiger partial charge on any atom is -0.485 e. The van der Waals surface area contributed by atoms with E-state index in [4.69, 9.17) is 4.74 Å². The van der Waals surface area contributed by atoms with E-state index < -0.39 is 30.1 Å². The maximum atomic E-state index is 13.0. The summed E-state index contributed by atoms with van der Waals surface area (Å²) in [6, 6.07) is 10.5. The molecule has 0 saturated carbocycles. The number of aliphatic hydroxyl groups is 1. The first-order chi connectivity index (χ1) is 15.1. The highest BCUT2D eigenvalue weighted by Gasteiger charge is 2.20. The number of anilines is 1. The van der Waals surface area contributed by atoms with E-state index in [0.29, 0.717) is 11.3 Å². The molecule has 2 N–H and O–H groups in total. The molecule has 0 spiro atoms. The molecular formula is C22H22F2N4O4. The number of aromatic nitrogens is 3. The van der Waals surface area contributed by atoms with Gasteiger partial charge in [0.05, 0.1) is 11.3 Å². The van der Waals surface area contributed by atoms with Crippen LogP contribution in [0.1, 0.15) is 35.5 Å². The highest BCUT2D eigenvalue weighted by Crippen LogP contribution is 2.22. The highest BCUT2D eigenvalue weighted by molar-refractivity contribution is 6.03. The van der Waals surface area contributed by atoms with Gasteiger partial charge in [-0.2, -0.15) is 9.78 Å². The summed E-state index contributed by atoms with van der Waals surface area (Å²) in [6.07, 6.45) is -1.27. The van der Waals surface area contributed by atoms with Gasteiger partial charge in [0.1, 0.15) is 29.4 Å². The number of nitrogens with one attached hydrogen (secondary N) is 1. The molecule has 0 atom stereocenters. The second-order valence-electron chi connectivity index (χ2n) is 7.53. The smallest absolute Gasteiger partial charge is 0.284 e. The maximum absolute atomic E-state index is 13.0. The third-order valence-corrected chi connectivity index (χ3v) is 4.45. The van der Waals surface area contributed by atoms with Crippen molar-refractivity contribution in [3.8, 4) is 11.4 Å². The Balaban J connectivity index is 1.94. The van der Waals surface area contributed by atoms with Crippen LogP contribution in [-0.4, -0.2) is 38.8 Å². The number of nitrogens with zero attached hydrogens (tertiary/aromatic N) is 3. The topological polar surface area (TPSA) is 106 Å². The molecule has 0 unspecified atom stereocenters. The highest BCUT2D eigenvalue weighted by atomic mass is 19.3. The molecule has 3 rings (SSSR count). The molecule has 3 aromatic rings. The number of pyridine rings is 1. The summed E-state index contributed by atoms with van der Waals surface area (Å²) in [5.41, 5.74) is -1.03. The van der Waals surface area contributed by atoms with Crippen molar-refractivity contribution in [3.63, 3.8) is 0 Å². The predicted octanol–water partition coefficient (Wildman–Crippen LogP) is 3.06. The number of carbonyl (C=O) groups is 1. The Morgan fingerprint density at radius 3 is 2.59 bits per heavy atom. The zero-order valence-electron chi connectivity index (χ0n) is 17.7. The summed E-state index contributed by atoms with van der Waals surface area (Å²) < 4.78 is 31.2. The van der Waals surface area contributed by atoms with Crippen LogP contribution in [0, 0.1) is 6.92 Å². The quantitative estimate of drug-likeness (QED) is 0.580. The van der Waals surface area contributed by atoms with Gasteiger partial charge in [-0.3, -0.25) is 9.59 Å². The lowest BCUT2D eigenvalue weighted by atomic mass is 10.0. The Hall–Kier alpha value is -3.66. The maximum Gasteiger partial charge on any atom is 0.284 e. The van der Waals surface area contributed by atoms with Crippen LogP contribution in [-0.2, 0) is 5.60 Å². The molecule has 0 aliphatic heterocycles. The fourth-order valence-electron chi connectivity index (χ4n) is 2.86. The van der Waals surface area contributed by atoms with Crippen molar-refractivity contribution < 1.29 is 23.4 Å². The van der Waals surface area contributed by atoms with E-state index in [9.17, 15) is 23.5 Å². The first-order valence-electron chi connectivity index (χ1n) is 9.68. The molecule has 0 aliphatic carbocycles. The number of benzene rings is 1. The number of hydrogen-bond acceptors (Lipinski definition) is 6. The standard InChI is InChI=1S/C22H22F2N4O4/c1-13-10-15(20(29)26-19-9-8-14(11-25-19)22(2,3)31)21(30)28(27-13)16-6-4-5-7-17(16)32-12-18(23)24/h4-11,18,31H,12H2,1-3H3,(H,25,26,29). The molecule has 1 amide bonds. The van der Waals surface area contributed by atoms with Gasteiger partial charge in [-0.1, -0.05) is 18.2 Å². The van der Waals surface area contributed by atoms with E-state index in [1.165, 1.54) is 30.5 Å². The number of halogens is 2. The summed E-state index contributed by atoms with van der Waals surface area (Å²) in [5.74, 6) is -0.504. The molecule has 0 radical (unpaired) electrons. The molecule has 32 heavy (non-hydrogen) atoms. The Kier molecular flexibility index (Phi) is 6.64. The molecule has 0 fully saturated rings. The van der Waals surface area contributed by atoms with Gasteiger partial charge in [0.15, 0.2) is 0 Å². The summed E-state index contributed by atoms with van der Waals surface area (Å²) in [6.45, 7) is 3.95. The largest absolute Gasteiger partial charge is 0.485 e. The molecule has 2 heterocycles. The minimum atomic E-state index is -2.69. The Labute approximate surface area is 182 Å². The van der Waals surface area contributed by atoms with Gasteiger partial charge in [0, 0.05) is 11.8 Å². The Morgan fingerprint density at radius 1 is 1.25 bits per heavy atom. The molecule has 0 bridgehead atoms. The summed E-state index contributed by atoms with van der Waals surface area (Å²) >= 11 is 0. The summed E-state index contributed by atoms with van der Waals surface area (Å²) in [5, 5.41) is 16.7. The van der Waals surface area contributed by atoms with Crippen LogP contribution in [0.2, 0.25) is 0 Å². The Morgan fingerprint density at radius 2 is 1.97 bits per heavy atom. The van der Waals surface area contributed by atoms with Crippen LogP contribution in [0.5, 0.6) is 5.75 Å². The predicted molar refractivity (Wildman–Crippen MR) is 114 cm³/mol. The minimum absolute atomic E-state index is 0.0308. The van der Waals surface area contributed by atoms with Crippen LogP contribution in [0.15, 0.2) is 53.5 Å². The number of alkyl halides is 2. The van der Waals surface area contributed by atoms with E-state index in [1.807, 2.05) is 0 Å². The molecule has 8 nitrogen and oxygen atoms in total. The third-order valence-electron chi connectivity index (χ3n) is 4.45. The second-order valence-corrected chi connectivity index (χ2v) is 7.53. The first kappa shape index (κ1) is 23.0. The van der Waals surface area contributed by atoms with E-state index >= 15 is 0 Å². The normalized spacial score (nSPS) is 11.5. The Bertz CT molecular complexity index is 1170. The molecular weight excluding hydrogens is 422 g/mol. The van der Waals surface area contributed by atoms with Gasteiger partial charge in [0.25, 0.3) is 17.9 Å². The number of rotatable bonds is 7. The van der Waals surface area contributed by atoms with Gasteiger partial charge in [0.2, 0.25) is 0 Å². The molecule has 1 aromatic carbocycles. The fraction of sp³-hybridized carbons (Fsp3) is 0.273. The van der Waals surface area contributed by atoms with Crippen molar-refractivity contribution in [1.29, 1.82) is 0 Å². The van der Waals surface area contributed by atoms with Crippen molar-refractivity contribution in [2.24, 2.45) is 0 Å². The average molecular weight is 444 g/mol. The zero-order chi connectivity index (χ0) is 23.5. The summed E-state index contributed by atoms with van der Waals surface area (Å²) in [4.78, 5) is 29.9. The monoisotopic (exact) mass is 444 g/mol. The van der Waals surface area contributed by atoms with Gasteiger partial charge in [-0.05, 0) is 45.0 Å². The SMILES string of the molecule is Cc1cc(C(=O)Nc2ccc(C(C)(C)O)cn2)c(=O)n(-c2ccccc2OCC(F)F)n1. The van der Waals surface area contributed by atoms with Crippen LogP contribution >= 0.6 is 0 Å². The van der Waals surface area contributed by atoms with Crippen LogP contribution in [0.3, 0.4) is 0 Å². The summed E-state index contributed by atoms with van der Waals surface area (Å²) in [7, 11) is 0. The van der Waals surface area contributed by atoms with Crippen LogP contribution in [0.25, 0.3) is 5.69 Å².